The van der Waals surface area contributed by atoms with Crippen LogP contribution in [0.1, 0.15) is 16.0 Å². The zero-order chi connectivity index (χ0) is 18.5. The summed E-state index contributed by atoms with van der Waals surface area (Å²) in [6.07, 6.45) is 6.58. The standard InChI is InChI=1S/C21H18N4OS/c26-20(14-17-7-9-18(10-8-17)25-12-4-11-23-25)24-21-22-15-19(27-21)13-16-5-2-1-3-6-16/h1-12,15H,13-14H2,(H,22,24,26). The number of amides is 1. The van der Waals surface area contributed by atoms with Gasteiger partial charge in [-0.3, -0.25) is 4.79 Å². The number of benzene rings is 2. The molecule has 0 spiro atoms. The minimum atomic E-state index is -0.0672. The zero-order valence-corrected chi connectivity index (χ0v) is 15.4. The molecule has 5 nitrogen and oxygen atoms in total. The van der Waals surface area contributed by atoms with E-state index in [2.05, 4.69) is 27.5 Å². The van der Waals surface area contributed by atoms with Crippen LogP contribution in [0.3, 0.4) is 0 Å². The fourth-order valence-electron chi connectivity index (χ4n) is 2.78. The van der Waals surface area contributed by atoms with Crippen molar-refractivity contribution in [1.29, 1.82) is 0 Å². The monoisotopic (exact) mass is 374 g/mol. The van der Waals surface area contributed by atoms with Crippen LogP contribution < -0.4 is 5.32 Å². The van der Waals surface area contributed by atoms with Crippen molar-refractivity contribution in [1.82, 2.24) is 14.8 Å². The smallest absolute Gasteiger partial charge is 0.230 e. The topological polar surface area (TPSA) is 59.8 Å². The van der Waals surface area contributed by atoms with E-state index in [0.29, 0.717) is 11.6 Å². The van der Waals surface area contributed by atoms with Gasteiger partial charge in [-0.2, -0.15) is 5.10 Å². The van der Waals surface area contributed by atoms with Crippen LogP contribution in [-0.4, -0.2) is 20.7 Å². The Morgan fingerprint density at radius 2 is 1.81 bits per heavy atom. The summed E-state index contributed by atoms with van der Waals surface area (Å²) in [7, 11) is 0. The van der Waals surface area contributed by atoms with Crippen molar-refractivity contribution in [3.8, 4) is 5.69 Å². The van der Waals surface area contributed by atoms with Gasteiger partial charge in [0.15, 0.2) is 5.13 Å². The van der Waals surface area contributed by atoms with Gasteiger partial charge in [0.1, 0.15) is 0 Å². The average Bonchev–Trinajstić information content (AvgIpc) is 3.36. The molecule has 1 N–H and O–H groups in total. The second kappa shape index (κ2) is 7.97. The van der Waals surface area contributed by atoms with Gasteiger partial charge in [-0.1, -0.05) is 42.5 Å². The lowest BCUT2D eigenvalue weighted by Gasteiger charge is -2.04. The van der Waals surface area contributed by atoms with Crippen molar-refractivity contribution < 1.29 is 4.79 Å². The third-order valence-electron chi connectivity index (χ3n) is 4.09. The number of carbonyl (C=O) groups is 1. The number of rotatable bonds is 6. The van der Waals surface area contributed by atoms with E-state index >= 15 is 0 Å². The lowest BCUT2D eigenvalue weighted by atomic mass is 10.1. The summed E-state index contributed by atoms with van der Waals surface area (Å²) in [4.78, 5) is 17.7. The third kappa shape index (κ3) is 4.48. The molecule has 134 valence electrons. The van der Waals surface area contributed by atoms with Crippen molar-refractivity contribution in [2.24, 2.45) is 0 Å². The summed E-state index contributed by atoms with van der Waals surface area (Å²) in [5, 5.41) is 7.72. The van der Waals surface area contributed by atoms with Crippen LogP contribution in [0.5, 0.6) is 0 Å². The molecule has 0 bridgehead atoms. The van der Waals surface area contributed by atoms with Crippen LogP contribution >= 0.6 is 11.3 Å². The molecular weight excluding hydrogens is 356 g/mol. The number of nitrogens with one attached hydrogen (secondary N) is 1. The van der Waals surface area contributed by atoms with E-state index in [-0.39, 0.29) is 5.91 Å². The molecule has 0 aliphatic carbocycles. The first-order valence-corrected chi connectivity index (χ1v) is 9.45. The van der Waals surface area contributed by atoms with E-state index < -0.39 is 0 Å². The fraction of sp³-hybridized carbons (Fsp3) is 0.0952. The molecule has 0 aliphatic heterocycles. The van der Waals surface area contributed by atoms with Crippen molar-refractivity contribution >= 4 is 22.4 Å². The van der Waals surface area contributed by atoms with Crippen LogP contribution in [-0.2, 0) is 17.6 Å². The van der Waals surface area contributed by atoms with E-state index in [1.54, 1.807) is 10.9 Å². The quantitative estimate of drug-likeness (QED) is 0.553. The molecule has 27 heavy (non-hydrogen) atoms. The molecule has 4 aromatic rings. The van der Waals surface area contributed by atoms with Gasteiger partial charge in [-0.25, -0.2) is 9.67 Å². The molecular formula is C21H18N4OS. The van der Waals surface area contributed by atoms with Gasteiger partial charge >= 0.3 is 0 Å². The van der Waals surface area contributed by atoms with Crippen molar-refractivity contribution in [3.05, 3.63) is 95.3 Å². The molecule has 2 heterocycles. The van der Waals surface area contributed by atoms with E-state index in [0.717, 1.165) is 22.5 Å². The van der Waals surface area contributed by atoms with Gasteiger partial charge in [0.2, 0.25) is 5.91 Å². The largest absolute Gasteiger partial charge is 0.302 e. The Morgan fingerprint density at radius 1 is 1.00 bits per heavy atom. The number of hydrogen-bond donors (Lipinski definition) is 1. The SMILES string of the molecule is O=C(Cc1ccc(-n2cccn2)cc1)Nc1ncc(Cc2ccccc2)s1. The second-order valence-corrected chi connectivity index (χ2v) is 7.25. The molecule has 0 fully saturated rings. The maximum atomic E-state index is 12.3. The van der Waals surface area contributed by atoms with E-state index in [4.69, 9.17) is 0 Å². The number of carbonyl (C=O) groups excluding carboxylic acids is 1. The Morgan fingerprint density at radius 3 is 2.56 bits per heavy atom. The van der Waals surface area contributed by atoms with Crippen molar-refractivity contribution in [3.63, 3.8) is 0 Å². The highest BCUT2D eigenvalue weighted by molar-refractivity contribution is 7.15. The van der Waals surface area contributed by atoms with E-state index in [1.165, 1.54) is 16.9 Å². The summed E-state index contributed by atoms with van der Waals surface area (Å²) in [5.74, 6) is -0.0672. The lowest BCUT2D eigenvalue weighted by molar-refractivity contribution is -0.115. The molecule has 0 radical (unpaired) electrons. The number of thiazole rings is 1. The number of aromatic nitrogens is 3. The van der Waals surface area contributed by atoms with Crippen molar-refractivity contribution in [2.45, 2.75) is 12.8 Å². The van der Waals surface area contributed by atoms with E-state index in [9.17, 15) is 4.79 Å². The molecule has 0 unspecified atom stereocenters. The second-order valence-electron chi connectivity index (χ2n) is 6.14. The molecule has 0 aliphatic rings. The van der Waals surface area contributed by atoms with Crippen LogP contribution in [0.15, 0.2) is 79.3 Å². The highest BCUT2D eigenvalue weighted by Gasteiger charge is 2.08. The van der Waals surface area contributed by atoms with E-state index in [1.807, 2.05) is 60.9 Å². The summed E-state index contributed by atoms with van der Waals surface area (Å²) < 4.78 is 1.79. The van der Waals surface area contributed by atoms with Crippen LogP contribution in [0.2, 0.25) is 0 Å². The minimum absolute atomic E-state index is 0.0672. The summed E-state index contributed by atoms with van der Waals surface area (Å²) in [6.45, 7) is 0. The molecule has 6 heteroatoms. The number of nitrogens with zero attached hydrogens (tertiary/aromatic N) is 3. The van der Waals surface area contributed by atoms with Crippen LogP contribution in [0, 0.1) is 0 Å². The van der Waals surface area contributed by atoms with Gasteiger partial charge in [0.05, 0.1) is 12.1 Å². The first-order valence-electron chi connectivity index (χ1n) is 8.64. The normalized spacial score (nSPS) is 10.7. The lowest BCUT2D eigenvalue weighted by Crippen LogP contribution is -2.14. The first kappa shape index (κ1) is 17.2. The Balaban J connectivity index is 1.34. The predicted octanol–water partition coefficient (Wildman–Crippen LogP) is 4.10. The van der Waals surface area contributed by atoms with Crippen molar-refractivity contribution in [2.75, 3.05) is 5.32 Å². The predicted molar refractivity (Wildman–Crippen MR) is 107 cm³/mol. The summed E-state index contributed by atoms with van der Waals surface area (Å²) in [6, 6.07) is 19.9. The molecule has 0 atom stereocenters. The average molecular weight is 374 g/mol. The minimum Gasteiger partial charge on any atom is -0.302 e. The molecule has 1 amide bonds. The third-order valence-corrected chi connectivity index (χ3v) is 5.00. The molecule has 0 saturated heterocycles. The Hall–Kier alpha value is -3.25. The highest BCUT2D eigenvalue weighted by atomic mass is 32.1. The molecule has 2 aromatic heterocycles. The van der Waals surface area contributed by atoms with Gasteiger partial charge in [-0.05, 0) is 29.3 Å². The Labute approximate surface area is 161 Å². The van der Waals surface area contributed by atoms with Crippen LogP contribution in [0.4, 0.5) is 5.13 Å². The van der Waals surface area contributed by atoms with Crippen LogP contribution in [0.25, 0.3) is 5.69 Å². The number of anilines is 1. The Bertz CT molecular complexity index is 1010. The van der Waals surface area contributed by atoms with Gasteiger partial charge in [-0.15, -0.1) is 11.3 Å². The zero-order valence-electron chi connectivity index (χ0n) is 14.6. The maximum Gasteiger partial charge on any atom is 0.230 e. The summed E-state index contributed by atoms with van der Waals surface area (Å²) in [5.41, 5.74) is 3.15. The Kier molecular flexibility index (Phi) is 5.07. The maximum absolute atomic E-state index is 12.3. The first-order chi connectivity index (χ1) is 13.3. The number of hydrogen-bond acceptors (Lipinski definition) is 4. The molecule has 0 saturated carbocycles. The molecule has 2 aromatic carbocycles. The fourth-order valence-corrected chi connectivity index (χ4v) is 3.64. The molecule has 4 rings (SSSR count). The van der Waals surface area contributed by atoms with Gasteiger partial charge < -0.3 is 5.32 Å². The van der Waals surface area contributed by atoms with Gasteiger partial charge in [0, 0.05) is 29.9 Å². The highest BCUT2D eigenvalue weighted by Crippen LogP contribution is 2.21. The summed E-state index contributed by atoms with van der Waals surface area (Å²) >= 11 is 1.51. The van der Waals surface area contributed by atoms with Gasteiger partial charge in [0.25, 0.3) is 0 Å².